The van der Waals surface area contributed by atoms with Crippen molar-refractivity contribution in [3.63, 3.8) is 0 Å². The van der Waals surface area contributed by atoms with Gasteiger partial charge in [-0.2, -0.15) is 0 Å². The third-order valence-electron chi connectivity index (χ3n) is 7.81. The summed E-state index contributed by atoms with van der Waals surface area (Å²) in [6, 6.07) is 19.8. The highest BCUT2D eigenvalue weighted by Crippen LogP contribution is 2.52. The normalized spacial score (nSPS) is 16.8. The molecule has 0 atom stereocenters. The van der Waals surface area contributed by atoms with Crippen molar-refractivity contribution in [3.05, 3.63) is 103 Å². The van der Waals surface area contributed by atoms with Gasteiger partial charge in [0.05, 0.1) is 0 Å². The smallest absolute Gasteiger partial charge is 0.176 e. The SMILES string of the molecule is C=CN/C=C\c1c(Cc2ccc(B3CC(C)(C)C(C)(C)C3)cc2)cncc1-c1ccccc1. The molecule has 1 aromatic heterocycles. The molecule has 0 bridgehead atoms. The summed E-state index contributed by atoms with van der Waals surface area (Å²) >= 11 is 0. The van der Waals surface area contributed by atoms with E-state index in [9.17, 15) is 0 Å². The molecule has 168 valence electrons. The van der Waals surface area contributed by atoms with Crippen LogP contribution in [0.15, 0.2) is 86.0 Å². The first-order valence-electron chi connectivity index (χ1n) is 12.0. The van der Waals surface area contributed by atoms with Gasteiger partial charge >= 0.3 is 0 Å². The van der Waals surface area contributed by atoms with Crippen LogP contribution in [0.2, 0.25) is 12.6 Å². The minimum atomic E-state index is 0.376. The fourth-order valence-corrected chi connectivity index (χ4v) is 5.12. The first-order chi connectivity index (χ1) is 15.8. The lowest BCUT2D eigenvalue weighted by Crippen LogP contribution is -2.27. The average molecular weight is 434 g/mol. The van der Waals surface area contributed by atoms with E-state index in [2.05, 4.69) is 99.2 Å². The zero-order chi connectivity index (χ0) is 23.5. The lowest BCUT2D eigenvalue weighted by molar-refractivity contribution is 0.177. The average Bonchev–Trinajstić information content (AvgIpc) is 3.02. The van der Waals surface area contributed by atoms with Crippen LogP contribution in [0.5, 0.6) is 0 Å². The van der Waals surface area contributed by atoms with Crippen LogP contribution in [0.4, 0.5) is 0 Å². The van der Waals surface area contributed by atoms with Crippen LogP contribution in [-0.2, 0) is 6.42 Å². The van der Waals surface area contributed by atoms with Crippen LogP contribution in [0.3, 0.4) is 0 Å². The second-order valence-electron chi connectivity index (χ2n) is 10.6. The highest BCUT2D eigenvalue weighted by atomic mass is 14.8. The molecule has 1 aliphatic rings. The van der Waals surface area contributed by atoms with Gasteiger partial charge in [-0.25, -0.2) is 0 Å². The molecule has 1 fully saturated rings. The first-order valence-corrected chi connectivity index (χ1v) is 12.0. The Morgan fingerprint density at radius 3 is 2.24 bits per heavy atom. The Kier molecular flexibility index (Phi) is 6.60. The number of hydrogen-bond donors (Lipinski definition) is 1. The number of aromatic nitrogens is 1. The zero-order valence-electron chi connectivity index (χ0n) is 20.4. The van der Waals surface area contributed by atoms with Gasteiger partial charge in [0.2, 0.25) is 0 Å². The molecule has 1 saturated heterocycles. The fraction of sp³-hybridized carbons (Fsp3) is 0.300. The predicted octanol–water partition coefficient (Wildman–Crippen LogP) is 6.81. The van der Waals surface area contributed by atoms with Gasteiger partial charge in [0, 0.05) is 24.2 Å². The first kappa shape index (κ1) is 23.1. The van der Waals surface area contributed by atoms with Crippen LogP contribution in [-0.4, -0.2) is 11.7 Å². The molecular weight excluding hydrogens is 399 g/mol. The van der Waals surface area contributed by atoms with E-state index in [1.165, 1.54) is 40.4 Å². The van der Waals surface area contributed by atoms with Crippen molar-refractivity contribution in [1.29, 1.82) is 0 Å². The molecule has 4 rings (SSSR count). The number of benzene rings is 2. The Bertz CT molecular complexity index is 1110. The molecule has 0 aliphatic carbocycles. The van der Waals surface area contributed by atoms with Crippen molar-refractivity contribution in [2.45, 2.75) is 46.8 Å². The molecule has 0 saturated carbocycles. The van der Waals surface area contributed by atoms with Gasteiger partial charge in [-0.1, -0.05) is 107 Å². The van der Waals surface area contributed by atoms with E-state index in [0.29, 0.717) is 17.5 Å². The maximum absolute atomic E-state index is 4.58. The predicted molar refractivity (Wildman–Crippen MR) is 144 cm³/mol. The van der Waals surface area contributed by atoms with E-state index >= 15 is 0 Å². The minimum Gasteiger partial charge on any atom is -0.368 e. The van der Waals surface area contributed by atoms with Gasteiger partial charge < -0.3 is 5.32 Å². The molecule has 0 radical (unpaired) electrons. The molecule has 2 nitrogen and oxygen atoms in total. The maximum Gasteiger partial charge on any atom is 0.176 e. The van der Waals surface area contributed by atoms with Crippen molar-refractivity contribution >= 4 is 18.3 Å². The summed E-state index contributed by atoms with van der Waals surface area (Å²) in [6.45, 7) is 14.1. The summed E-state index contributed by atoms with van der Waals surface area (Å²) < 4.78 is 0. The van der Waals surface area contributed by atoms with Crippen molar-refractivity contribution in [2.24, 2.45) is 10.8 Å². The third-order valence-corrected chi connectivity index (χ3v) is 7.81. The summed E-state index contributed by atoms with van der Waals surface area (Å²) in [5.74, 6) is 0. The van der Waals surface area contributed by atoms with Gasteiger partial charge in [0.25, 0.3) is 0 Å². The van der Waals surface area contributed by atoms with E-state index in [-0.39, 0.29) is 0 Å². The summed E-state index contributed by atoms with van der Waals surface area (Å²) in [4.78, 5) is 4.58. The van der Waals surface area contributed by atoms with Crippen molar-refractivity contribution < 1.29 is 0 Å². The quantitative estimate of drug-likeness (QED) is 0.413. The van der Waals surface area contributed by atoms with Crippen LogP contribution >= 0.6 is 0 Å². The number of hydrogen-bond acceptors (Lipinski definition) is 2. The summed E-state index contributed by atoms with van der Waals surface area (Å²) in [5, 5.41) is 3.08. The van der Waals surface area contributed by atoms with Crippen molar-refractivity contribution in [2.75, 3.05) is 0 Å². The molecule has 3 heteroatoms. The second kappa shape index (κ2) is 9.43. The van der Waals surface area contributed by atoms with Crippen LogP contribution in [0.1, 0.15) is 44.4 Å². The van der Waals surface area contributed by atoms with Gasteiger partial charge in [-0.15, -0.1) is 0 Å². The van der Waals surface area contributed by atoms with Crippen molar-refractivity contribution in [3.8, 4) is 11.1 Å². The van der Waals surface area contributed by atoms with Crippen molar-refractivity contribution in [1.82, 2.24) is 10.3 Å². The molecule has 2 aromatic carbocycles. The van der Waals surface area contributed by atoms with E-state index in [4.69, 9.17) is 0 Å². The third kappa shape index (κ3) is 4.98. The van der Waals surface area contributed by atoms with Gasteiger partial charge in [0.15, 0.2) is 6.71 Å². The molecular formula is C30H35BN2. The molecule has 0 spiro atoms. The molecule has 1 aliphatic heterocycles. The van der Waals surface area contributed by atoms with Gasteiger partial charge in [-0.05, 0) is 51.8 Å². The van der Waals surface area contributed by atoms with E-state index in [1.54, 1.807) is 6.20 Å². The summed E-state index contributed by atoms with van der Waals surface area (Å²) in [7, 11) is 0. The number of nitrogens with one attached hydrogen (secondary N) is 1. The highest BCUT2D eigenvalue weighted by Gasteiger charge is 2.47. The van der Waals surface area contributed by atoms with Crippen LogP contribution < -0.4 is 10.8 Å². The largest absolute Gasteiger partial charge is 0.368 e. The molecule has 0 unspecified atom stereocenters. The van der Waals surface area contributed by atoms with Gasteiger partial charge in [0.1, 0.15) is 0 Å². The lowest BCUT2D eigenvalue weighted by Gasteiger charge is -2.35. The molecule has 1 N–H and O–H groups in total. The lowest BCUT2D eigenvalue weighted by atomic mass is 9.42. The molecule has 0 amide bonds. The zero-order valence-corrected chi connectivity index (χ0v) is 20.4. The number of rotatable bonds is 7. The Morgan fingerprint density at radius 1 is 0.939 bits per heavy atom. The molecule has 33 heavy (non-hydrogen) atoms. The Hall–Kier alpha value is -3.07. The Morgan fingerprint density at radius 2 is 1.61 bits per heavy atom. The topological polar surface area (TPSA) is 24.9 Å². The number of nitrogens with zero attached hydrogens (tertiary/aromatic N) is 1. The monoisotopic (exact) mass is 434 g/mol. The van der Waals surface area contributed by atoms with Crippen LogP contribution in [0, 0.1) is 10.8 Å². The van der Waals surface area contributed by atoms with Gasteiger partial charge in [-0.3, -0.25) is 4.98 Å². The Labute approximate surface area is 199 Å². The number of pyridine rings is 1. The van der Waals surface area contributed by atoms with Crippen LogP contribution in [0.25, 0.3) is 17.2 Å². The molecule has 2 heterocycles. The standard InChI is InChI=1S/C30H35BN2/c1-6-32-17-16-27-25(19-33-20-28(27)24-10-8-7-9-11-24)18-23-12-14-26(15-13-23)31-21-29(2,3)30(4,5)22-31/h6-17,19-20,32H,1,18,21-22H2,2-5H3/b17-16-. The van der Waals surface area contributed by atoms with E-state index in [0.717, 1.165) is 12.0 Å². The highest BCUT2D eigenvalue weighted by molar-refractivity contribution is 6.74. The maximum atomic E-state index is 4.58. The summed E-state index contributed by atoms with van der Waals surface area (Å²) in [6.07, 6.45) is 13.1. The second-order valence-corrected chi connectivity index (χ2v) is 10.6. The summed E-state index contributed by atoms with van der Waals surface area (Å²) in [5.41, 5.74) is 8.26. The fourth-order valence-electron chi connectivity index (χ4n) is 5.12. The van der Waals surface area contributed by atoms with E-state index < -0.39 is 0 Å². The van der Waals surface area contributed by atoms with E-state index in [1.807, 2.05) is 24.7 Å². The molecule has 3 aromatic rings. The minimum absolute atomic E-state index is 0.376. The Balaban J connectivity index is 1.61.